The Morgan fingerprint density at radius 1 is 1.12 bits per heavy atom. The zero-order chi connectivity index (χ0) is 25.1. The smallest absolute Gasteiger partial charge is 0.302 e. The molecule has 0 aromatic rings. The summed E-state index contributed by atoms with van der Waals surface area (Å²) in [5.74, 6) is 1.59. The minimum Gasteiger partial charge on any atom is -0.462 e. The van der Waals surface area contributed by atoms with Crippen LogP contribution in [0.5, 0.6) is 0 Å². The predicted molar refractivity (Wildman–Crippen MR) is 133 cm³/mol. The molecule has 194 valence electrons. The Morgan fingerprint density at radius 2 is 1.82 bits per heavy atom. The van der Waals surface area contributed by atoms with Crippen molar-refractivity contribution in [2.45, 2.75) is 123 Å². The maximum atomic E-state index is 12.3. The highest BCUT2D eigenvalue weighted by molar-refractivity contribution is 5.66. The molecule has 34 heavy (non-hydrogen) atoms. The van der Waals surface area contributed by atoms with Gasteiger partial charge in [0.25, 0.3) is 0 Å². The van der Waals surface area contributed by atoms with E-state index in [0.717, 1.165) is 19.3 Å². The minimum absolute atomic E-state index is 0.00936. The van der Waals surface area contributed by atoms with Gasteiger partial charge in [-0.1, -0.05) is 32.4 Å². The molecule has 0 amide bonds. The maximum Gasteiger partial charge on any atom is 0.302 e. The quantitative estimate of drug-likeness (QED) is 0.383. The number of rotatable bonds is 5. The largest absolute Gasteiger partial charge is 0.462 e. The third-order valence-electron chi connectivity index (χ3n) is 11.0. The third kappa shape index (κ3) is 4.08. The van der Waals surface area contributed by atoms with Crippen LogP contribution in [0.3, 0.4) is 0 Å². The Hall–Kier alpha value is -0.910. The summed E-state index contributed by atoms with van der Waals surface area (Å²) >= 11 is 0. The topological polar surface area (TPSA) is 87.0 Å². The molecule has 0 saturated heterocycles. The van der Waals surface area contributed by atoms with Crippen molar-refractivity contribution >= 4 is 5.97 Å². The monoisotopic (exact) mass is 476 g/mol. The van der Waals surface area contributed by atoms with Gasteiger partial charge in [-0.15, -0.1) is 0 Å². The van der Waals surface area contributed by atoms with Crippen LogP contribution in [0.25, 0.3) is 0 Å². The molecule has 4 fully saturated rings. The number of hydrogen-bond acceptors (Lipinski definition) is 5. The van der Waals surface area contributed by atoms with Crippen molar-refractivity contribution in [3.05, 3.63) is 11.6 Å². The molecule has 0 bridgehead atoms. The molecule has 0 aromatic carbocycles. The van der Waals surface area contributed by atoms with Crippen molar-refractivity contribution in [1.29, 1.82) is 0 Å². The summed E-state index contributed by atoms with van der Waals surface area (Å²) in [4.78, 5) is 12.3. The number of hydrogen-bond donors (Lipinski definition) is 3. The number of ether oxygens (including phenoxy) is 1. The van der Waals surface area contributed by atoms with Crippen molar-refractivity contribution in [3.8, 4) is 0 Å². The molecule has 5 nitrogen and oxygen atoms in total. The van der Waals surface area contributed by atoms with Gasteiger partial charge in [-0.05, 0) is 94.3 Å². The van der Waals surface area contributed by atoms with Crippen LogP contribution in [0.2, 0.25) is 0 Å². The fourth-order valence-corrected chi connectivity index (χ4v) is 9.48. The van der Waals surface area contributed by atoms with Crippen LogP contribution in [0.15, 0.2) is 11.6 Å². The van der Waals surface area contributed by atoms with E-state index in [-0.39, 0.29) is 35.7 Å². The summed E-state index contributed by atoms with van der Waals surface area (Å²) in [5.41, 5.74) is -0.491. The van der Waals surface area contributed by atoms with E-state index in [1.54, 1.807) is 0 Å². The molecular formula is C29H48O5. The van der Waals surface area contributed by atoms with Gasteiger partial charge in [0.2, 0.25) is 0 Å². The SMILES string of the molecule is CC(=O)O[C@@H]1C[C@]2(C)[C@@H](C(C)CCC=C(C)C)CC[C@H]2[C@@H]2C[C@@H](O)[C@@]3(O)C[C@@H](O)CC[C@]3(C)[C@H]21. The first-order chi connectivity index (χ1) is 15.8. The van der Waals surface area contributed by atoms with E-state index in [2.05, 4.69) is 40.7 Å². The zero-order valence-corrected chi connectivity index (χ0v) is 22.2. The van der Waals surface area contributed by atoms with Gasteiger partial charge in [0, 0.05) is 24.7 Å². The zero-order valence-electron chi connectivity index (χ0n) is 22.2. The second-order valence-electron chi connectivity index (χ2n) is 13.2. The summed E-state index contributed by atoms with van der Waals surface area (Å²) in [7, 11) is 0. The summed E-state index contributed by atoms with van der Waals surface area (Å²) in [6.07, 6.45) is 8.05. The van der Waals surface area contributed by atoms with E-state index >= 15 is 0 Å². The number of carbonyl (C=O) groups excluding carboxylic acids is 1. The number of esters is 1. The van der Waals surface area contributed by atoms with Crippen molar-refractivity contribution < 1.29 is 24.9 Å². The highest BCUT2D eigenvalue weighted by atomic mass is 16.5. The van der Waals surface area contributed by atoms with Crippen LogP contribution in [0, 0.1) is 40.4 Å². The first-order valence-corrected chi connectivity index (χ1v) is 13.7. The Bertz CT molecular complexity index is 804. The molecule has 4 aliphatic rings. The molecule has 0 aromatic heterocycles. The lowest BCUT2D eigenvalue weighted by atomic mass is 9.41. The van der Waals surface area contributed by atoms with Crippen molar-refractivity contribution in [1.82, 2.24) is 0 Å². The Morgan fingerprint density at radius 3 is 2.47 bits per heavy atom. The second-order valence-corrected chi connectivity index (χ2v) is 13.2. The highest BCUT2D eigenvalue weighted by Crippen LogP contribution is 2.69. The van der Waals surface area contributed by atoms with Gasteiger partial charge in [-0.2, -0.15) is 0 Å². The van der Waals surface area contributed by atoms with E-state index in [4.69, 9.17) is 4.74 Å². The lowest BCUT2D eigenvalue weighted by molar-refractivity contribution is -0.284. The number of fused-ring (bicyclic) bond motifs is 5. The standard InChI is InChI=1S/C29H48O5/c1-17(2)8-7-9-18(3)22-10-11-23-21-14-25(32)29(33)15-20(31)12-13-28(29,6)26(21)24(34-19(4)30)16-27(22,23)5/h8,18,20-26,31-33H,7,9-16H2,1-6H3/t18?,20-,21-,22+,23-,24+,25+,26+,27+,28+,29-/m0/s1. The number of allylic oxidation sites excluding steroid dienone is 2. The molecule has 4 aliphatic carbocycles. The Labute approximate surface area is 206 Å². The first-order valence-electron chi connectivity index (χ1n) is 13.7. The van der Waals surface area contributed by atoms with Gasteiger partial charge in [0.05, 0.1) is 17.8 Å². The molecule has 1 unspecified atom stereocenters. The second kappa shape index (κ2) is 9.19. The number of aliphatic hydroxyl groups is 3. The van der Waals surface area contributed by atoms with Crippen molar-refractivity contribution in [3.63, 3.8) is 0 Å². The molecule has 11 atom stereocenters. The summed E-state index contributed by atoms with van der Waals surface area (Å²) in [6.45, 7) is 12.7. The van der Waals surface area contributed by atoms with E-state index < -0.39 is 23.2 Å². The number of aliphatic hydroxyl groups excluding tert-OH is 2. The van der Waals surface area contributed by atoms with Crippen LogP contribution >= 0.6 is 0 Å². The lowest BCUT2D eigenvalue weighted by Gasteiger charge is -2.66. The average Bonchev–Trinajstić information content (AvgIpc) is 3.06. The molecule has 0 radical (unpaired) electrons. The van der Waals surface area contributed by atoms with Gasteiger partial charge in [-0.25, -0.2) is 0 Å². The number of carbonyl (C=O) groups is 1. The molecule has 4 rings (SSSR count). The van der Waals surface area contributed by atoms with Gasteiger partial charge < -0.3 is 20.1 Å². The fraction of sp³-hybridized carbons (Fsp3) is 0.897. The highest BCUT2D eigenvalue weighted by Gasteiger charge is 2.70. The van der Waals surface area contributed by atoms with Gasteiger partial charge in [0.1, 0.15) is 6.10 Å². The molecule has 4 saturated carbocycles. The van der Waals surface area contributed by atoms with Gasteiger partial charge in [0.15, 0.2) is 0 Å². The summed E-state index contributed by atoms with van der Waals surface area (Å²) in [5, 5.41) is 33.5. The van der Waals surface area contributed by atoms with E-state index in [1.165, 1.54) is 25.3 Å². The van der Waals surface area contributed by atoms with E-state index in [0.29, 0.717) is 37.0 Å². The minimum atomic E-state index is -1.34. The van der Waals surface area contributed by atoms with Crippen LogP contribution in [-0.4, -0.2) is 45.2 Å². The molecule has 0 heterocycles. The summed E-state index contributed by atoms with van der Waals surface area (Å²) < 4.78 is 6.09. The first kappa shape index (κ1) is 26.2. The third-order valence-corrected chi connectivity index (χ3v) is 11.0. The van der Waals surface area contributed by atoms with Crippen molar-refractivity contribution in [2.24, 2.45) is 40.4 Å². The molecule has 5 heteroatoms. The molecular weight excluding hydrogens is 428 g/mol. The molecule has 0 aliphatic heterocycles. The van der Waals surface area contributed by atoms with Crippen molar-refractivity contribution in [2.75, 3.05) is 0 Å². The molecule has 3 N–H and O–H groups in total. The Kier molecular flexibility index (Phi) is 7.07. The Balaban J connectivity index is 1.68. The van der Waals surface area contributed by atoms with Gasteiger partial charge >= 0.3 is 5.97 Å². The van der Waals surface area contributed by atoms with Crippen LogP contribution in [-0.2, 0) is 9.53 Å². The normalized spacial score (nSPS) is 48.8. The average molecular weight is 477 g/mol. The van der Waals surface area contributed by atoms with E-state index in [1.807, 2.05) is 0 Å². The van der Waals surface area contributed by atoms with Crippen LogP contribution in [0.1, 0.15) is 99.3 Å². The lowest BCUT2D eigenvalue weighted by Crippen LogP contribution is -2.71. The maximum absolute atomic E-state index is 12.3. The van der Waals surface area contributed by atoms with Crippen LogP contribution < -0.4 is 0 Å². The van der Waals surface area contributed by atoms with E-state index in [9.17, 15) is 20.1 Å². The summed E-state index contributed by atoms with van der Waals surface area (Å²) in [6, 6.07) is 0. The van der Waals surface area contributed by atoms with Gasteiger partial charge in [-0.3, -0.25) is 4.79 Å². The predicted octanol–water partition coefficient (Wildman–Crippen LogP) is 5.02. The molecule has 0 spiro atoms. The fourth-order valence-electron chi connectivity index (χ4n) is 9.48. The van der Waals surface area contributed by atoms with Crippen LogP contribution in [0.4, 0.5) is 0 Å².